The molecule has 0 aromatic heterocycles. The number of rotatable bonds is 6. The summed E-state index contributed by atoms with van der Waals surface area (Å²) < 4.78 is 13.1. The van der Waals surface area contributed by atoms with Gasteiger partial charge in [-0.25, -0.2) is 4.39 Å². The molecule has 0 aliphatic heterocycles. The molecule has 0 aliphatic carbocycles. The van der Waals surface area contributed by atoms with E-state index in [-0.39, 0.29) is 11.7 Å². The van der Waals surface area contributed by atoms with Crippen LogP contribution in [0.15, 0.2) is 42.5 Å². The number of hydrogen-bond acceptors (Lipinski definition) is 1. The Bertz CT molecular complexity index is 584. The van der Waals surface area contributed by atoms with Gasteiger partial charge < -0.3 is 5.32 Å². The number of hydrogen-bond donors (Lipinski definition) is 1. The molecule has 1 atom stereocenters. The standard InChI is InChI=1S/C17H18Cl2FN/c1-2-21-11-14(12-3-6-15(18)7-4-12)9-13-5-8-16(20)10-17(13)19/h3-8,10,14,21H,2,9,11H2,1H3. The van der Waals surface area contributed by atoms with Crippen molar-refractivity contribution in [2.75, 3.05) is 13.1 Å². The van der Waals surface area contributed by atoms with Crippen LogP contribution in [-0.2, 0) is 6.42 Å². The lowest BCUT2D eigenvalue weighted by Gasteiger charge is -2.19. The Morgan fingerprint density at radius 2 is 1.81 bits per heavy atom. The Balaban J connectivity index is 2.21. The van der Waals surface area contributed by atoms with E-state index >= 15 is 0 Å². The van der Waals surface area contributed by atoms with Crippen LogP contribution in [0.5, 0.6) is 0 Å². The van der Waals surface area contributed by atoms with Gasteiger partial charge in [-0.3, -0.25) is 0 Å². The fourth-order valence-electron chi connectivity index (χ4n) is 2.31. The van der Waals surface area contributed by atoms with Crippen molar-refractivity contribution < 1.29 is 4.39 Å². The summed E-state index contributed by atoms with van der Waals surface area (Å²) in [5.74, 6) is -0.0383. The molecule has 0 spiro atoms. The monoisotopic (exact) mass is 325 g/mol. The maximum absolute atomic E-state index is 13.1. The van der Waals surface area contributed by atoms with Crippen LogP contribution in [0.4, 0.5) is 4.39 Å². The molecule has 112 valence electrons. The van der Waals surface area contributed by atoms with Crippen LogP contribution in [0.25, 0.3) is 0 Å². The molecular formula is C17H18Cl2FN. The van der Waals surface area contributed by atoms with Crippen molar-refractivity contribution in [3.05, 3.63) is 69.5 Å². The molecule has 0 bridgehead atoms. The average molecular weight is 326 g/mol. The number of nitrogens with one attached hydrogen (secondary N) is 1. The Morgan fingerprint density at radius 3 is 2.43 bits per heavy atom. The molecule has 0 amide bonds. The Kier molecular flexibility index (Phi) is 6.04. The minimum Gasteiger partial charge on any atom is -0.316 e. The summed E-state index contributed by atoms with van der Waals surface area (Å²) >= 11 is 12.1. The van der Waals surface area contributed by atoms with Crippen molar-refractivity contribution in [2.24, 2.45) is 0 Å². The number of halogens is 3. The molecule has 1 unspecified atom stereocenters. The molecule has 1 nitrogen and oxygen atoms in total. The molecule has 2 aromatic rings. The van der Waals surface area contributed by atoms with Crippen LogP contribution < -0.4 is 5.32 Å². The van der Waals surface area contributed by atoms with Gasteiger partial charge in [0.25, 0.3) is 0 Å². The third kappa shape index (κ3) is 4.70. The highest BCUT2D eigenvalue weighted by Crippen LogP contribution is 2.26. The van der Waals surface area contributed by atoms with Crippen molar-refractivity contribution in [3.8, 4) is 0 Å². The van der Waals surface area contributed by atoms with E-state index in [2.05, 4.69) is 12.2 Å². The number of benzene rings is 2. The average Bonchev–Trinajstić information content (AvgIpc) is 2.46. The summed E-state index contributed by atoms with van der Waals surface area (Å²) in [5, 5.41) is 4.56. The van der Waals surface area contributed by atoms with Crippen LogP contribution in [-0.4, -0.2) is 13.1 Å². The molecule has 0 fully saturated rings. The van der Waals surface area contributed by atoms with E-state index in [1.54, 1.807) is 6.07 Å². The fraction of sp³-hybridized carbons (Fsp3) is 0.294. The molecule has 21 heavy (non-hydrogen) atoms. The smallest absolute Gasteiger partial charge is 0.124 e. The molecule has 2 aromatic carbocycles. The van der Waals surface area contributed by atoms with Gasteiger partial charge in [-0.2, -0.15) is 0 Å². The van der Waals surface area contributed by atoms with E-state index < -0.39 is 0 Å². The quantitative estimate of drug-likeness (QED) is 0.782. The van der Waals surface area contributed by atoms with Crippen LogP contribution >= 0.6 is 23.2 Å². The summed E-state index contributed by atoms with van der Waals surface area (Å²) in [4.78, 5) is 0. The Labute approximate surface area is 135 Å². The summed E-state index contributed by atoms with van der Waals surface area (Å²) in [6, 6.07) is 12.4. The van der Waals surface area contributed by atoms with Gasteiger partial charge in [0.1, 0.15) is 5.82 Å². The van der Waals surface area contributed by atoms with Crippen molar-refractivity contribution in [2.45, 2.75) is 19.3 Å². The second kappa shape index (κ2) is 7.79. The summed E-state index contributed by atoms with van der Waals surface area (Å²) in [5.41, 5.74) is 2.15. The molecular weight excluding hydrogens is 308 g/mol. The summed E-state index contributed by atoms with van der Waals surface area (Å²) in [6.07, 6.45) is 0.758. The minimum atomic E-state index is -0.307. The topological polar surface area (TPSA) is 12.0 Å². The van der Waals surface area contributed by atoms with Crippen LogP contribution in [0.1, 0.15) is 24.0 Å². The van der Waals surface area contributed by atoms with E-state index in [4.69, 9.17) is 23.2 Å². The van der Waals surface area contributed by atoms with E-state index in [1.807, 2.05) is 24.3 Å². The maximum Gasteiger partial charge on any atom is 0.124 e. The van der Waals surface area contributed by atoms with Gasteiger partial charge in [0.2, 0.25) is 0 Å². The molecule has 2 rings (SSSR count). The molecule has 0 saturated heterocycles. The predicted molar refractivity (Wildman–Crippen MR) is 87.9 cm³/mol. The van der Waals surface area contributed by atoms with Crippen molar-refractivity contribution in [1.29, 1.82) is 0 Å². The summed E-state index contributed by atoms with van der Waals surface area (Å²) in [6.45, 7) is 3.82. The SMILES string of the molecule is CCNCC(Cc1ccc(F)cc1Cl)c1ccc(Cl)cc1. The van der Waals surface area contributed by atoms with E-state index in [0.717, 1.165) is 30.1 Å². The van der Waals surface area contributed by atoms with Gasteiger partial charge in [-0.1, -0.05) is 48.3 Å². The molecule has 4 heteroatoms. The van der Waals surface area contributed by atoms with Gasteiger partial charge in [-0.05, 0) is 48.4 Å². The van der Waals surface area contributed by atoms with E-state index in [0.29, 0.717) is 5.02 Å². The highest BCUT2D eigenvalue weighted by molar-refractivity contribution is 6.31. The molecule has 0 saturated carbocycles. The first-order valence-electron chi connectivity index (χ1n) is 7.00. The Morgan fingerprint density at radius 1 is 1.10 bits per heavy atom. The van der Waals surface area contributed by atoms with Gasteiger partial charge in [0.05, 0.1) is 0 Å². The number of likely N-dealkylation sites (N-methyl/N-ethyl adjacent to an activating group) is 1. The highest BCUT2D eigenvalue weighted by atomic mass is 35.5. The highest BCUT2D eigenvalue weighted by Gasteiger charge is 2.14. The fourth-order valence-corrected chi connectivity index (χ4v) is 2.68. The third-order valence-corrected chi connectivity index (χ3v) is 4.07. The van der Waals surface area contributed by atoms with Gasteiger partial charge in [-0.15, -0.1) is 0 Å². The maximum atomic E-state index is 13.1. The zero-order valence-corrected chi connectivity index (χ0v) is 13.4. The second-order valence-electron chi connectivity index (χ2n) is 5.00. The van der Waals surface area contributed by atoms with E-state index in [9.17, 15) is 4.39 Å². The largest absolute Gasteiger partial charge is 0.316 e. The predicted octanol–water partition coefficient (Wildman–Crippen LogP) is 5.07. The van der Waals surface area contributed by atoms with Gasteiger partial charge in [0.15, 0.2) is 0 Å². The molecule has 0 heterocycles. The normalized spacial score (nSPS) is 12.4. The summed E-state index contributed by atoms with van der Waals surface area (Å²) in [7, 11) is 0. The van der Waals surface area contributed by atoms with Gasteiger partial charge >= 0.3 is 0 Å². The molecule has 0 radical (unpaired) electrons. The first-order chi connectivity index (χ1) is 10.1. The van der Waals surface area contributed by atoms with Crippen molar-refractivity contribution >= 4 is 23.2 Å². The first-order valence-corrected chi connectivity index (χ1v) is 7.76. The Hall–Kier alpha value is -1.09. The lowest BCUT2D eigenvalue weighted by molar-refractivity contribution is 0.592. The minimum absolute atomic E-state index is 0.269. The zero-order chi connectivity index (χ0) is 15.2. The van der Waals surface area contributed by atoms with Crippen LogP contribution in [0.3, 0.4) is 0 Å². The first kappa shape index (κ1) is 16.3. The lowest BCUT2D eigenvalue weighted by atomic mass is 9.92. The van der Waals surface area contributed by atoms with Crippen molar-refractivity contribution in [1.82, 2.24) is 5.32 Å². The van der Waals surface area contributed by atoms with Crippen molar-refractivity contribution in [3.63, 3.8) is 0 Å². The van der Waals surface area contributed by atoms with Crippen LogP contribution in [0, 0.1) is 5.82 Å². The molecule has 0 aliphatic rings. The molecule has 1 N–H and O–H groups in total. The third-order valence-electron chi connectivity index (χ3n) is 3.46. The lowest BCUT2D eigenvalue weighted by Crippen LogP contribution is -2.22. The van der Waals surface area contributed by atoms with Gasteiger partial charge in [0, 0.05) is 22.5 Å². The zero-order valence-electron chi connectivity index (χ0n) is 11.9. The van der Waals surface area contributed by atoms with E-state index in [1.165, 1.54) is 17.7 Å². The second-order valence-corrected chi connectivity index (χ2v) is 5.84. The van der Waals surface area contributed by atoms with Crippen LogP contribution in [0.2, 0.25) is 10.0 Å².